The van der Waals surface area contributed by atoms with Gasteiger partial charge in [-0.15, -0.1) is 0 Å². The Labute approximate surface area is 118 Å². The quantitative estimate of drug-likeness (QED) is 0.615. The highest BCUT2D eigenvalue weighted by atomic mass is 16.4. The van der Waals surface area contributed by atoms with Crippen molar-refractivity contribution < 1.29 is 14.7 Å². The number of nitrogens with two attached hydrogens (primary N) is 1. The average molecular weight is 276 g/mol. The highest BCUT2D eigenvalue weighted by Gasteiger charge is 2.18. The Hall–Kier alpha value is -2.30. The number of rotatable bonds is 6. The number of benzene rings is 1. The second-order valence-electron chi connectivity index (χ2n) is 4.57. The number of likely N-dealkylation sites (N-methyl/N-ethyl adjacent to an activating group) is 1. The molecule has 1 amide bonds. The summed E-state index contributed by atoms with van der Waals surface area (Å²) in [6.45, 7) is 4.03. The fourth-order valence-corrected chi connectivity index (χ4v) is 1.92. The van der Waals surface area contributed by atoms with Crippen molar-refractivity contribution in [2.24, 2.45) is 0 Å². The highest BCUT2D eigenvalue weighted by molar-refractivity contribution is 5.92. The van der Waals surface area contributed by atoms with Gasteiger partial charge in [-0.05, 0) is 37.6 Å². The van der Waals surface area contributed by atoms with Crippen molar-refractivity contribution >= 4 is 23.6 Å². The van der Waals surface area contributed by atoms with Crippen molar-refractivity contribution in [2.75, 3.05) is 12.3 Å². The third-order valence-corrected chi connectivity index (χ3v) is 2.98. The maximum absolute atomic E-state index is 12.1. The lowest BCUT2D eigenvalue weighted by Crippen LogP contribution is -2.38. The van der Waals surface area contributed by atoms with Crippen molar-refractivity contribution in [1.29, 1.82) is 0 Å². The molecule has 1 atom stereocenters. The maximum Gasteiger partial charge on any atom is 0.305 e. The molecule has 1 rings (SSSR count). The second kappa shape index (κ2) is 7.33. The van der Waals surface area contributed by atoms with Gasteiger partial charge in [0.2, 0.25) is 5.91 Å². The Morgan fingerprint density at radius 1 is 1.35 bits per heavy atom. The van der Waals surface area contributed by atoms with Crippen LogP contribution in [0.1, 0.15) is 25.8 Å². The fraction of sp³-hybridized carbons (Fsp3) is 0.333. The Kier molecular flexibility index (Phi) is 5.77. The van der Waals surface area contributed by atoms with Gasteiger partial charge in [-0.3, -0.25) is 9.59 Å². The summed E-state index contributed by atoms with van der Waals surface area (Å²) < 4.78 is 0. The summed E-state index contributed by atoms with van der Waals surface area (Å²) in [5.41, 5.74) is 7.12. The minimum absolute atomic E-state index is 0.0602. The molecule has 0 radical (unpaired) electrons. The van der Waals surface area contributed by atoms with Crippen molar-refractivity contribution in [3.63, 3.8) is 0 Å². The van der Waals surface area contributed by atoms with E-state index in [0.29, 0.717) is 12.2 Å². The molecule has 0 bridgehead atoms. The highest BCUT2D eigenvalue weighted by Crippen LogP contribution is 2.09. The predicted molar refractivity (Wildman–Crippen MR) is 79.0 cm³/mol. The number of carboxylic acids is 1. The molecule has 1 aromatic carbocycles. The van der Waals surface area contributed by atoms with Gasteiger partial charge >= 0.3 is 5.97 Å². The number of nitrogen functional groups attached to an aromatic ring is 1. The normalized spacial score (nSPS) is 12.3. The van der Waals surface area contributed by atoms with Crippen LogP contribution in [0.3, 0.4) is 0 Å². The second-order valence-corrected chi connectivity index (χ2v) is 4.57. The molecule has 0 saturated heterocycles. The van der Waals surface area contributed by atoms with Gasteiger partial charge in [0.25, 0.3) is 0 Å². The number of anilines is 1. The van der Waals surface area contributed by atoms with Crippen molar-refractivity contribution in [3.05, 3.63) is 35.9 Å². The molecule has 108 valence electrons. The number of carbonyl (C=O) groups excluding carboxylic acids is 1. The Balaban J connectivity index is 2.71. The third-order valence-electron chi connectivity index (χ3n) is 2.98. The summed E-state index contributed by atoms with van der Waals surface area (Å²) >= 11 is 0. The first-order chi connectivity index (χ1) is 9.43. The lowest BCUT2D eigenvalue weighted by molar-refractivity contribution is -0.139. The summed E-state index contributed by atoms with van der Waals surface area (Å²) in [5.74, 6) is -1.11. The van der Waals surface area contributed by atoms with E-state index in [1.54, 1.807) is 25.1 Å². The Morgan fingerprint density at radius 2 is 1.95 bits per heavy atom. The zero-order valence-corrected chi connectivity index (χ0v) is 11.7. The van der Waals surface area contributed by atoms with Gasteiger partial charge in [0.15, 0.2) is 0 Å². The van der Waals surface area contributed by atoms with Crippen molar-refractivity contribution in [1.82, 2.24) is 4.90 Å². The van der Waals surface area contributed by atoms with Crippen molar-refractivity contribution in [3.8, 4) is 0 Å². The lowest BCUT2D eigenvalue weighted by atomic mass is 10.1. The summed E-state index contributed by atoms with van der Waals surface area (Å²) in [7, 11) is 0. The largest absolute Gasteiger partial charge is 0.481 e. The molecule has 0 aliphatic heterocycles. The van der Waals surface area contributed by atoms with Gasteiger partial charge in [0.1, 0.15) is 0 Å². The van der Waals surface area contributed by atoms with Crippen LogP contribution in [0.2, 0.25) is 0 Å². The summed E-state index contributed by atoms with van der Waals surface area (Å²) in [4.78, 5) is 24.3. The van der Waals surface area contributed by atoms with E-state index in [1.165, 1.54) is 11.0 Å². The first-order valence-electron chi connectivity index (χ1n) is 6.50. The first kappa shape index (κ1) is 15.8. The molecule has 3 N–H and O–H groups in total. The van der Waals surface area contributed by atoms with Crippen LogP contribution in [0.25, 0.3) is 6.08 Å². The third kappa shape index (κ3) is 4.76. The number of nitrogens with zero attached hydrogens (tertiary/aromatic N) is 1. The Morgan fingerprint density at radius 3 is 2.45 bits per heavy atom. The topological polar surface area (TPSA) is 83.6 Å². The first-order valence-corrected chi connectivity index (χ1v) is 6.50. The van der Waals surface area contributed by atoms with Crippen LogP contribution in [0.4, 0.5) is 5.69 Å². The molecule has 1 unspecified atom stereocenters. The zero-order chi connectivity index (χ0) is 15.1. The van der Waals surface area contributed by atoms with Crippen LogP contribution in [0, 0.1) is 0 Å². The van der Waals surface area contributed by atoms with E-state index in [1.807, 2.05) is 19.1 Å². The van der Waals surface area contributed by atoms with Crippen LogP contribution < -0.4 is 5.73 Å². The fourth-order valence-electron chi connectivity index (χ4n) is 1.92. The van der Waals surface area contributed by atoms with Crippen LogP contribution in [-0.2, 0) is 9.59 Å². The van der Waals surface area contributed by atoms with Gasteiger partial charge in [0, 0.05) is 24.4 Å². The van der Waals surface area contributed by atoms with E-state index >= 15 is 0 Å². The van der Waals surface area contributed by atoms with Crippen LogP contribution in [0.5, 0.6) is 0 Å². The molecule has 0 aliphatic carbocycles. The Bertz CT molecular complexity index is 494. The van der Waals surface area contributed by atoms with Gasteiger partial charge in [-0.2, -0.15) is 0 Å². The maximum atomic E-state index is 12.1. The number of carboxylic acid groups (broad SMARTS) is 1. The van der Waals surface area contributed by atoms with E-state index < -0.39 is 5.97 Å². The van der Waals surface area contributed by atoms with E-state index in [0.717, 1.165) is 5.56 Å². The van der Waals surface area contributed by atoms with Gasteiger partial charge in [0.05, 0.1) is 6.42 Å². The van der Waals surface area contributed by atoms with E-state index in [-0.39, 0.29) is 18.4 Å². The van der Waals surface area contributed by atoms with Gasteiger partial charge in [-0.25, -0.2) is 0 Å². The number of aliphatic carboxylic acids is 1. The molecule has 0 aromatic heterocycles. The number of amides is 1. The molecule has 0 fully saturated rings. The zero-order valence-electron chi connectivity index (χ0n) is 11.7. The molecule has 0 spiro atoms. The number of hydrogen-bond acceptors (Lipinski definition) is 3. The molecule has 0 saturated carbocycles. The number of carbonyl (C=O) groups is 2. The number of hydrogen-bond donors (Lipinski definition) is 2. The lowest BCUT2D eigenvalue weighted by Gasteiger charge is -2.25. The molecule has 5 heteroatoms. The monoisotopic (exact) mass is 276 g/mol. The SMILES string of the molecule is CCN(C(=O)/C=C/c1ccc(N)cc1)C(C)CC(=O)O. The van der Waals surface area contributed by atoms with Gasteiger partial charge < -0.3 is 15.7 Å². The smallest absolute Gasteiger partial charge is 0.305 e. The van der Waals surface area contributed by atoms with E-state index in [2.05, 4.69) is 0 Å². The van der Waals surface area contributed by atoms with Crippen LogP contribution >= 0.6 is 0 Å². The minimum atomic E-state index is -0.911. The molecule has 20 heavy (non-hydrogen) atoms. The van der Waals surface area contributed by atoms with Gasteiger partial charge in [-0.1, -0.05) is 12.1 Å². The predicted octanol–water partition coefficient (Wildman–Crippen LogP) is 1.99. The summed E-state index contributed by atoms with van der Waals surface area (Å²) in [6.07, 6.45) is 3.08. The standard InChI is InChI=1S/C15H20N2O3/c1-3-17(11(2)10-15(19)20)14(18)9-6-12-4-7-13(16)8-5-12/h4-9,11H,3,10,16H2,1-2H3,(H,19,20)/b9-6+. The summed E-state index contributed by atoms with van der Waals surface area (Å²) in [6, 6.07) is 6.82. The average Bonchev–Trinajstić information content (AvgIpc) is 2.38. The van der Waals surface area contributed by atoms with E-state index in [9.17, 15) is 9.59 Å². The molecular weight excluding hydrogens is 256 g/mol. The molecule has 5 nitrogen and oxygen atoms in total. The van der Waals surface area contributed by atoms with Crippen LogP contribution in [0.15, 0.2) is 30.3 Å². The van der Waals surface area contributed by atoms with E-state index in [4.69, 9.17) is 10.8 Å². The molecule has 0 heterocycles. The summed E-state index contributed by atoms with van der Waals surface area (Å²) in [5, 5.41) is 8.78. The minimum Gasteiger partial charge on any atom is -0.481 e. The molecular formula is C15H20N2O3. The van der Waals surface area contributed by atoms with Crippen molar-refractivity contribution in [2.45, 2.75) is 26.3 Å². The molecule has 1 aromatic rings. The van der Waals surface area contributed by atoms with Crippen LogP contribution in [-0.4, -0.2) is 34.5 Å². The molecule has 0 aliphatic rings.